The minimum atomic E-state index is 0.0670. The summed E-state index contributed by atoms with van der Waals surface area (Å²) in [6.07, 6.45) is 0. The third-order valence-electron chi connectivity index (χ3n) is 1.18. The second kappa shape index (κ2) is 3.80. The third-order valence-corrected chi connectivity index (χ3v) is 1.43. The number of rotatable bonds is 2. The summed E-state index contributed by atoms with van der Waals surface area (Å²) in [4.78, 5) is 0. The molecule has 0 bridgehead atoms. The van der Waals surface area contributed by atoms with Crippen LogP contribution >= 0.6 is 11.6 Å². The van der Waals surface area contributed by atoms with Gasteiger partial charge in [0.05, 0.1) is 0 Å². The quantitative estimate of drug-likeness (QED) is 0.517. The predicted octanol–water partition coefficient (Wildman–Crippen LogP) is 2.76. The van der Waals surface area contributed by atoms with Gasteiger partial charge < -0.3 is 4.74 Å². The number of allylic oxidation sites excluding steroid dienone is 1. The Balaban J connectivity index is 2.73. The van der Waals surface area contributed by atoms with Gasteiger partial charge in [0.2, 0.25) is 0 Å². The molecule has 12 heavy (non-hydrogen) atoms. The van der Waals surface area contributed by atoms with E-state index >= 15 is 0 Å². The van der Waals surface area contributed by atoms with Crippen molar-refractivity contribution in [3.8, 4) is 11.8 Å². The Labute approximate surface area is 75.6 Å². The normalized spacial score (nSPS) is 8.67. The highest BCUT2D eigenvalue weighted by Crippen LogP contribution is 2.16. The second-order valence-corrected chi connectivity index (χ2v) is 2.53. The number of ether oxygens (including phenoxy) is 1. The Morgan fingerprint density at radius 1 is 1.42 bits per heavy atom. The van der Waals surface area contributed by atoms with E-state index in [-0.39, 0.29) is 5.76 Å². The molecule has 0 aliphatic rings. The molecule has 3 heteroatoms. The average Bonchev–Trinajstić information content (AvgIpc) is 2.09. The molecule has 1 aromatic carbocycles. The first-order valence-corrected chi connectivity index (χ1v) is 3.62. The van der Waals surface area contributed by atoms with Gasteiger partial charge in [-0.05, 0) is 30.8 Å². The molecule has 0 aliphatic heterocycles. The van der Waals surface area contributed by atoms with Crippen LogP contribution in [0.5, 0.6) is 5.75 Å². The van der Waals surface area contributed by atoms with E-state index < -0.39 is 0 Å². The topological polar surface area (TPSA) is 33.0 Å². The van der Waals surface area contributed by atoms with Gasteiger partial charge in [0, 0.05) is 5.02 Å². The van der Waals surface area contributed by atoms with Crippen LogP contribution in [0.3, 0.4) is 0 Å². The Morgan fingerprint density at radius 3 is 2.50 bits per heavy atom. The number of halogens is 1. The standard InChI is InChI=1S/C9H6ClNO/c1-7(6-11)12-9-4-2-8(10)3-5-9/h2-5H,1H2. The van der Waals surface area contributed by atoms with Crippen LogP contribution in [0.4, 0.5) is 0 Å². The van der Waals surface area contributed by atoms with E-state index in [9.17, 15) is 0 Å². The Bertz CT molecular complexity index is 323. The molecule has 0 N–H and O–H groups in total. The van der Waals surface area contributed by atoms with Crippen molar-refractivity contribution >= 4 is 11.6 Å². The second-order valence-electron chi connectivity index (χ2n) is 2.09. The summed E-state index contributed by atoms with van der Waals surface area (Å²) < 4.78 is 5.00. The summed E-state index contributed by atoms with van der Waals surface area (Å²) in [5.41, 5.74) is 0. The Morgan fingerprint density at radius 2 is 2.00 bits per heavy atom. The van der Waals surface area contributed by atoms with Crippen LogP contribution in [0.1, 0.15) is 0 Å². The summed E-state index contributed by atoms with van der Waals surface area (Å²) in [7, 11) is 0. The van der Waals surface area contributed by atoms with Crippen molar-refractivity contribution in [1.82, 2.24) is 0 Å². The third kappa shape index (κ3) is 2.30. The van der Waals surface area contributed by atoms with E-state index in [4.69, 9.17) is 21.6 Å². The zero-order valence-corrected chi connectivity index (χ0v) is 7.01. The van der Waals surface area contributed by atoms with Gasteiger partial charge in [0.1, 0.15) is 11.8 Å². The zero-order valence-electron chi connectivity index (χ0n) is 6.25. The highest BCUT2D eigenvalue weighted by Gasteiger charge is 1.95. The summed E-state index contributed by atoms with van der Waals surface area (Å²) in [5.74, 6) is 0.628. The first kappa shape index (κ1) is 8.63. The van der Waals surface area contributed by atoms with Gasteiger partial charge in [0.25, 0.3) is 0 Å². The van der Waals surface area contributed by atoms with Crippen molar-refractivity contribution in [3.05, 3.63) is 41.6 Å². The molecule has 0 amide bonds. The molecule has 0 saturated carbocycles. The Hall–Kier alpha value is -1.46. The lowest BCUT2D eigenvalue weighted by atomic mass is 10.3. The molecular weight excluding hydrogens is 174 g/mol. The fraction of sp³-hybridized carbons (Fsp3) is 0. The van der Waals surface area contributed by atoms with E-state index in [1.807, 2.05) is 0 Å². The van der Waals surface area contributed by atoms with Crippen LogP contribution < -0.4 is 4.74 Å². The van der Waals surface area contributed by atoms with Gasteiger partial charge in [0.15, 0.2) is 5.76 Å². The van der Waals surface area contributed by atoms with Crippen molar-refractivity contribution in [3.63, 3.8) is 0 Å². The van der Waals surface area contributed by atoms with Crippen molar-refractivity contribution in [2.45, 2.75) is 0 Å². The van der Waals surface area contributed by atoms with Gasteiger partial charge in [-0.3, -0.25) is 0 Å². The van der Waals surface area contributed by atoms with Crippen molar-refractivity contribution in [1.29, 1.82) is 5.26 Å². The minimum Gasteiger partial charge on any atom is -0.447 e. The number of hydrogen-bond acceptors (Lipinski definition) is 2. The lowest BCUT2D eigenvalue weighted by Crippen LogP contribution is -1.89. The van der Waals surface area contributed by atoms with E-state index in [0.717, 1.165) is 0 Å². The number of hydrogen-bond donors (Lipinski definition) is 0. The number of nitrogens with zero attached hydrogens (tertiary/aromatic N) is 1. The summed E-state index contributed by atoms with van der Waals surface area (Å²) in [6.45, 7) is 3.37. The van der Waals surface area contributed by atoms with Gasteiger partial charge >= 0.3 is 0 Å². The van der Waals surface area contributed by atoms with Crippen LogP contribution in [-0.4, -0.2) is 0 Å². The highest BCUT2D eigenvalue weighted by molar-refractivity contribution is 6.30. The maximum Gasteiger partial charge on any atom is 0.196 e. The van der Waals surface area contributed by atoms with E-state index in [1.165, 1.54) is 0 Å². The van der Waals surface area contributed by atoms with Gasteiger partial charge in [-0.15, -0.1) is 0 Å². The average molecular weight is 180 g/mol. The van der Waals surface area contributed by atoms with Crippen molar-refractivity contribution in [2.24, 2.45) is 0 Å². The van der Waals surface area contributed by atoms with Crippen molar-refractivity contribution < 1.29 is 4.74 Å². The summed E-state index contributed by atoms with van der Waals surface area (Å²) in [5, 5.41) is 8.98. The molecule has 2 nitrogen and oxygen atoms in total. The summed E-state index contributed by atoms with van der Waals surface area (Å²) >= 11 is 5.64. The smallest absolute Gasteiger partial charge is 0.196 e. The maximum atomic E-state index is 8.35. The van der Waals surface area contributed by atoms with Crippen LogP contribution in [-0.2, 0) is 0 Å². The fourth-order valence-corrected chi connectivity index (χ4v) is 0.794. The van der Waals surface area contributed by atoms with Crippen LogP contribution in [0.2, 0.25) is 5.02 Å². The molecule has 0 fully saturated rings. The molecule has 0 radical (unpaired) electrons. The molecule has 0 heterocycles. The number of nitriles is 1. The molecule has 60 valence electrons. The molecule has 0 aromatic heterocycles. The lowest BCUT2D eigenvalue weighted by Gasteiger charge is -2.00. The molecule has 1 aromatic rings. The monoisotopic (exact) mass is 179 g/mol. The predicted molar refractivity (Wildman–Crippen MR) is 46.8 cm³/mol. The van der Waals surface area contributed by atoms with E-state index in [1.54, 1.807) is 30.3 Å². The SMILES string of the molecule is C=C(C#N)Oc1ccc(Cl)cc1. The molecule has 0 atom stereocenters. The van der Waals surface area contributed by atoms with Gasteiger partial charge in [-0.2, -0.15) is 5.26 Å². The first-order chi connectivity index (χ1) is 5.72. The molecule has 0 saturated heterocycles. The van der Waals surface area contributed by atoms with E-state index in [2.05, 4.69) is 6.58 Å². The van der Waals surface area contributed by atoms with Crippen LogP contribution in [0, 0.1) is 11.3 Å². The van der Waals surface area contributed by atoms with Gasteiger partial charge in [-0.25, -0.2) is 0 Å². The van der Waals surface area contributed by atoms with Crippen LogP contribution in [0.15, 0.2) is 36.6 Å². The fourth-order valence-electron chi connectivity index (χ4n) is 0.668. The summed E-state index contributed by atoms with van der Waals surface area (Å²) in [6, 6.07) is 8.49. The number of benzene rings is 1. The molecule has 1 rings (SSSR count). The largest absolute Gasteiger partial charge is 0.447 e. The van der Waals surface area contributed by atoms with E-state index in [0.29, 0.717) is 10.8 Å². The molecule has 0 aliphatic carbocycles. The zero-order chi connectivity index (χ0) is 8.97. The highest BCUT2D eigenvalue weighted by atomic mass is 35.5. The molecular formula is C9H6ClNO. The lowest BCUT2D eigenvalue weighted by molar-refractivity contribution is 0.450. The Kier molecular flexibility index (Phi) is 2.73. The van der Waals surface area contributed by atoms with Gasteiger partial charge in [-0.1, -0.05) is 11.6 Å². The van der Waals surface area contributed by atoms with Crippen molar-refractivity contribution in [2.75, 3.05) is 0 Å². The van der Waals surface area contributed by atoms with Crippen LogP contribution in [0.25, 0.3) is 0 Å². The first-order valence-electron chi connectivity index (χ1n) is 3.25. The minimum absolute atomic E-state index is 0.0670. The maximum absolute atomic E-state index is 8.35. The molecule has 0 unspecified atom stereocenters. The molecule has 0 spiro atoms.